The molecule has 1 aromatic carbocycles. The Bertz CT molecular complexity index is 542. The smallest absolute Gasteiger partial charge is 0.138 e. The minimum atomic E-state index is 0.292. The summed E-state index contributed by atoms with van der Waals surface area (Å²) in [6.07, 6.45) is 0. The molecule has 0 aliphatic carbocycles. The Morgan fingerprint density at radius 2 is 2.00 bits per heavy atom. The molecule has 4 heteroatoms. The van der Waals surface area contributed by atoms with Crippen LogP contribution in [0.4, 0.5) is 0 Å². The molecule has 2 heterocycles. The van der Waals surface area contributed by atoms with E-state index in [0.717, 1.165) is 49.5 Å². The van der Waals surface area contributed by atoms with E-state index in [0.29, 0.717) is 5.75 Å². The van der Waals surface area contributed by atoms with Gasteiger partial charge in [0.2, 0.25) is 0 Å². The van der Waals surface area contributed by atoms with E-state index < -0.39 is 0 Å². The maximum atomic E-state index is 9.74. The zero-order valence-corrected chi connectivity index (χ0v) is 10.6. The molecule has 0 radical (unpaired) electrons. The normalized spacial score (nSPS) is 18.5. The number of aromatic hydroxyl groups is 1. The first kappa shape index (κ1) is 11.6. The van der Waals surface area contributed by atoms with E-state index in [1.165, 1.54) is 0 Å². The van der Waals surface area contributed by atoms with E-state index in [-0.39, 0.29) is 0 Å². The van der Waals surface area contributed by atoms with Crippen LogP contribution < -0.4 is 0 Å². The number of fused-ring (bicyclic) bond motifs is 1. The molecular weight excluding hydrogens is 228 g/mol. The predicted molar refractivity (Wildman–Crippen MR) is 70.7 cm³/mol. The second-order valence-electron chi connectivity index (χ2n) is 4.98. The Hall–Kier alpha value is -1.52. The third-order valence-corrected chi connectivity index (χ3v) is 3.56. The predicted octanol–water partition coefficient (Wildman–Crippen LogP) is 1.89. The van der Waals surface area contributed by atoms with Crippen LogP contribution in [0.15, 0.2) is 28.7 Å². The third-order valence-electron chi connectivity index (χ3n) is 3.56. The molecule has 4 nitrogen and oxygen atoms in total. The second kappa shape index (κ2) is 4.63. The van der Waals surface area contributed by atoms with Gasteiger partial charge in [-0.05, 0) is 25.2 Å². The lowest BCUT2D eigenvalue weighted by Crippen LogP contribution is -2.43. The first-order chi connectivity index (χ1) is 8.72. The summed E-state index contributed by atoms with van der Waals surface area (Å²) in [7, 11) is 2.15. The summed E-state index contributed by atoms with van der Waals surface area (Å²) in [5.41, 5.74) is 0.763. The fourth-order valence-electron chi connectivity index (χ4n) is 2.40. The number of rotatable bonds is 2. The third kappa shape index (κ3) is 2.21. The summed E-state index contributed by atoms with van der Waals surface area (Å²) in [6, 6.07) is 7.34. The van der Waals surface area contributed by atoms with Gasteiger partial charge in [0, 0.05) is 26.2 Å². The van der Waals surface area contributed by atoms with Crippen molar-refractivity contribution in [3.8, 4) is 5.75 Å². The SMILES string of the molecule is CN1CCN(Cc2cc3c(O)cccc3o2)CC1. The van der Waals surface area contributed by atoms with E-state index in [9.17, 15) is 5.11 Å². The van der Waals surface area contributed by atoms with Gasteiger partial charge in [0.25, 0.3) is 0 Å². The number of phenolic OH excluding ortho intramolecular Hbond substituents is 1. The lowest BCUT2D eigenvalue weighted by molar-refractivity contribution is 0.141. The summed E-state index contributed by atoms with van der Waals surface area (Å²) in [4.78, 5) is 4.72. The summed E-state index contributed by atoms with van der Waals surface area (Å²) in [5.74, 6) is 1.22. The van der Waals surface area contributed by atoms with Crippen LogP contribution in [-0.4, -0.2) is 48.1 Å². The molecular formula is C14H18N2O2. The Kier molecular flexibility index (Phi) is 2.97. The quantitative estimate of drug-likeness (QED) is 0.878. The van der Waals surface area contributed by atoms with Crippen LogP contribution in [0.25, 0.3) is 11.0 Å². The summed E-state index contributed by atoms with van der Waals surface area (Å²) >= 11 is 0. The number of hydrogen-bond acceptors (Lipinski definition) is 4. The summed E-state index contributed by atoms with van der Waals surface area (Å²) in [5, 5.41) is 10.6. The average Bonchev–Trinajstić information content (AvgIpc) is 2.76. The van der Waals surface area contributed by atoms with Crippen molar-refractivity contribution in [1.29, 1.82) is 0 Å². The maximum Gasteiger partial charge on any atom is 0.138 e. The van der Waals surface area contributed by atoms with Crippen molar-refractivity contribution in [3.05, 3.63) is 30.0 Å². The van der Waals surface area contributed by atoms with Gasteiger partial charge in [-0.3, -0.25) is 4.90 Å². The van der Waals surface area contributed by atoms with Crippen LogP contribution >= 0.6 is 0 Å². The van der Waals surface area contributed by atoms with E-state index in [1.807, 2.05) is 12.1 Å². The molecule has 0 spiro atoms. The zero-order chi connectivity index (χ0) is 12.5. The molecule has 2 aromatic rings. The molecule has 0 saturated carbocycles. The molecule has 3 rings (SSSR count). The van der Waals surface area contributed by atoms with Crippen LogP contribution in [-0.2, 0) is 6.54 Å². The van der Waals surface area contributed by atoms with E-state index in [4.69, 9.17) is 4.42 Å². The highest BCUT2D eigenvalue weighted by atomic mass is 16.3. The molecule has 1 aliphatic rings. The molecule has 1 aliphatic heterocycles. The van der Waals surface area contributed by atoms with Gasteiger partial charge in [-0.15, -0.1) is 0 Å². The first-order valence-electron chi connectivity index (χ1n) is 6.34. The minimum absolute atomic E-state index is 0.292. The summed E-state index contributed by atoms with van der Waals surface area (Å²) < 4.78 is 5.76. The fraction of sp³-hybridized carbons (Fsp3) is 0.429. The van der Waals surface area contributed by atoms with Gasteiger partial charge in [0.15, 0.2) is 0 Å². The fourth-order valence-corrected chi connectivity index (χ4v) is 2.40. The molecule has 1 fully saturated rings. The Morgan fingerprint density at radius 1 is 1.22 bits per heavy atom. The number of piperazine rings is 1. The molecule has 96 valence electrons. The van der Waals surface area contributed by atoms with Crippen molar-refractivity contribution < 1.29 is 9.52 Å². The van der Waals surface area contributed by atoms with E-state index >= 15 is 0 Å². The lowest BCUT2D eigenvalue weighted by atomic mass is 10.2. The Balaban J connectivity index is 1.77. The number of likely N-dealkylation sites (N-methyl/N-ethyl adjacent to an activating group) is 1. The molecule has 0 unspecified atom stereocenters. The number of furan rings is 1. The van der Waals surface area contributed by atoms with Gasteiger partial charge >= 0.3 is 0 Å². The summed E-state index contributed by atoms with van der Waals surface area (Å²) in [6.45, 7) is 5.16. The molecule has 1 saturated heterocycles. The number of hydrogen-bond donors (Lipinski definition) is 1. The van der Waals surface area contributed by atoms with Crippen LogP contribution in [0.2, 0.25) is 0 Å². The van der Waals surface area contributed by atoms with E-state index in [2.05, 4.69) is 16.8 Å². The van der Waals surface area contributed by atoms with Gasteiger partial charge in [-0.1, -0.05) is 6.07 Å². The second-order valence-corrected chi connectivity index (χ2v) is 4.98. The van der Waals surface area contributed by atoms with Crippen molar-refractivity contribution in [1.82, 2.24) is 9.80 Å². The number of nitrogens with zero attached hydrogens (tertiary/aromatic N) is 2. The van der Waals surface area contributed by atoms with Gasteiger partial charge in [0.05, 0.1) is 11.9 Å². The van der Waals surface area contributed by atoms with Crippen LogP contribution in [0.5, 0.6) is 5.75 Å². The maximum absolute atomic E-state index is 9.74. The van der Waals surface area contributed by atoms with Crippen molar-refractivity contribution in [2.75, 3.05) is 33.2 Å². The topological polar surface area (TPSA) is 39.9 Å². The van der Waals surface area contributed by atoms with Gasteiger partial charge in [-0.25, -0.2) is 0 Å². The van der Waals surface area contributed by atoms with Crippen LogP contribution in [0.1, 0.15) is 5.76 Å². The van der Waals surface area contributed by atoms with Gasteiger partial charge < -0.3 is 14.4 Å². The van der Waals surface area contributed by atoms with Crippen molar-refractivity contribution in [2.24, 2.45) is 0 Å². The van der Waals surface area contributed by atoms with Crippen LogP contribution in [0, 0.1) is 0 Å². The van der Waals surface area contributed by atoms with Gasteiger partial charge in [0.1, 0.15) is 17.1 Å². The minimum Gasteiger partial charge on any atom is -0.507 e. The lowest BCUT2D eigenvalue weighted by Gasteiger charge is -2.31. The van der Waals surface area contributed by atoms with Crippen molar-refractivity contribution in [3.63, 3.8) is 0 Å². The molecule has 0 bridgehead atoms. The molecule has 0 atom stereocenters. The Labute approximate surface area is 106 Å². The largest absolute Gasteiger partial charge is 0.507 e. The van der Waals surface area contributed by atoms with Crippen molar-refractivity contribution >= 4 is 11.0 Å². The highest BCUT2D eigenvalue weighted by Gasteiger charge is 2.16. The highest BCUT2D eigenvalue weighted by molar-refractivity contribution is 5.84. The molecule has 1 aromatic heterocycles. The van der Waals surface area contributed by atoms with Gasteiger partial charge in [-0.2, -0.15) is 0 Å². The van der Waals surface area contributed by atoms with E-state index in [1.54, 1.807) is 12.1 Å². The van der Waals surface area contributed by atoms with Crippen LogP contribution in [0.3, 0.4) is 0 Å². The monoisotopic (exact) mass is 246 g/mol. The first-order valence-corrected chi connectivity index (χ1v) is 6.34. The molecule has 18 heavy (non-hydrogen) atoms. The standard InChI is InChI=1S/C14H18N2O2/c1-15-5-7-16(8-6-15)10-11-9-12-13(17)3-2-4-14(12)18-11/h2-4,9,17H,5-8,10H2,1H3. The average molecular weight is 246 g/mol. The zero-order valence-electron chi connectivity index (χ0n) is 10.6. The molecule has 1 N–H and O–H groups in total. The highest BCUT2D eigenvalue weighted by Crippen LogP contribution is 2.28. The molecule has 0 amide bonds. The number of phenols is 1. The number of benzene rings is 1. The van der Waals surface area contributed by atoms with Crippen molar-refractivity contribution in [2.45, 2.75) is 6.54 Å². The Morgan fingerprint density at radius 3 is 2.72 bits per heavy atom.